The van der Waals surface area contributed by atoms with Crippen molar-refractivity contribution in [2.24, 2.45) is 0 Å². The van der Waals surface area contributed by atoms with Gasteiger partial charge < -0.3 is 29.6 Å². The van der Waals surface area contributed by atoms with Gasteiger partial charge in [-0.25, -0.2) is 4.79 Å². The Bertz CT molecular complexity index is 1210. The molecule has 2 heterocycles. The second kappa shape index (κ2) is 8.58. The molecule has 0 unspecified atom stereocenters. The largest absolute Gasteiger partial charge is 0.493 e. The number of benzene rings is 2. The zero-order chi connectivity index (χ0) is 24.6. The van der Waals surface area contributed by atoms with Crippen LogP contribution in [0.3, 0.4) is 0 Å². The molecule has 0 aliphatic carbocycles. The molecule has 178 valence electrons. The average Bonchev–Trinajstić information content (AvgIpc) is 3.35. The molecular formula is C23H23N3O8. The van der Waals surface area contributed by atoms with E-state index in [1.165, 1.54) is 40.2 Å². The first-order valence-electron chi connectivity index (χ1n) is 10.3. The average molecular weight is 469 g/mol. The number of imide groups is 1. The smallest absolute Gasteiger partial charge is 0.325 e. The minimum Gasteiger partial charge on any atom is -0.493 e. The van der Waals surface area contributed by atoms with Gasteiger partial charge in [-0.05, 0) is 37.6 Å². The van der Waals surface area contributed by atoms with Crippen molar-refractivity contribution in [1.82, 2.24) is 10.2 Å². The zero-order valence-corrected chi connectivity index (χ0v) is 19.0. The highest BCUT2D eigenvalue weighted by Gasteiger charge is 2.49. The maximum atomic E-state index is 13.2. The quantitative estimate of drug-likeness (QED) is 0.465. The predicted octanol–water partition coefficient (Wildman–Crippen LogP) is 2.04. The molecule has 1 fully saturated rings. The normalized spacial score (nSPS) is 18.5. The highest BCUT2D eigenvalue weighted by molar-refractivity contribution is 6.11. The van der Waals surface area contributed by atoms with Crippen molar-refractivity contribution in [3.8, 4) is 23.0 Å². The Morgan fingerprint density at radius 1 is 1.09 bits per heavy atom. The van der Waals surface area contributed by atoms with Crippen LogP contribution in [0.2, 0.25) is 0 Å². The van der Waals surface area contributed by atoms with Gasteiger partial charge in [0.1, 0.15) is 12.1 Å². The number of nitrogens with zero attached hydrogens (tertiary/aromatic N) is 1. The van der Waals surface area contributed by atoms with Gasteiger partial charge in [0, 0.05) is 11.6 Å². The summed E-state index contributed by atoms with van der Waals surface area (Å²) in [5.74, 6) is 0.0367. The first-order chi connectivity index (χ1) is 16.2. The van der Waals surface area contributed by atoms with Crippen molar-refractivity contribution in [3.63, 3.8) is 0 Å². The SMILES string of the molecule is COc1ccc([C@]2(C)NC(=O)N(CC(=O)Nc3cc4c(cc3C(C)=O)OCO4)C2=O)cc1OC. The summed E-state index contributed by atoms with van der Waals surface area (Å²) in [7, 11) is 2.95. The molecule has 0 bridgehead atoms. The Balaban J connectivity index is 1.54. The second-order valence-corrected chi connectivity index (χ2v) is 7.87. The first kappa shape index (κ1) is 22.9. The maximum absolute atomic E-state index is 13.2. The van der Waals surface area contributed by atoms with Crippen molar-refractivity contribution in [1.29, 1.82) is 0 Å². The fourth-order valence-corrected chi connectivity index (χ4v) is 3.85. The molecule has 1 atom stereocenters. The van der Waals surface area contributed by atoms with Crippen molar-refractivity contribution < 1.29 is 38.1 Å². The number of hydrogen-bond acceptors (Lipinski definition) is 8. The number of amides is 4. The number of methoxy groups -OCH3 is 2. The van der Waals surface area contributed by atoms with Crippen LogP contribution in [0.1, 0.15) is 29.8 Å². The topological polar surface area (TPSA) is 132 Å². The van der Waals surface area contributed by atoms with Crippen LogP contribution in [0.4, 0.5) is 10.5 Å². The summed E-state index contributed by atoms with van der Waals surface area (Å²) in [5.41, 5.74) is -0.553. The molecule has 0 aromatic heterocycles. The number of ketones is 1. The number of urea groups is 1. The minimum atomic E-state index is -1.42. The molecule has 2 aliphatic rings. The molecule has 0 radical (unpaired) electrons. The molecule has 0 spiro atoms. The molecule has 11 nitrogen and oxygen atoms in total. The van der Waals surface area contributed by atoms with Crippen LogP contribution in [0.25, 0.3) is 0 Å². The summed E-state index contributed by atoms with van der Waals surface area (Å²) in [6, 6.07) is 7.06. The summed E-state index contributed by atoms with van der Waals surface area (Å²) < 4.78 is 21.1. The van der Waals surface area contributed by atoms with Crippen LogP contribution < -0.4 is 29.6 Å². The number of carbonyl (C=O) groups is 4. The van der Waals surface area contributed by atoms with Gasteiger partial charge in [0.25, 0.3) is 5.91 Å². The van der Waals surface area contributed by atoms with E-state index in [1.807, 2.05) is 0 Å². The van der Waals surface area contributed by atoms with E-state index in [0.29, 0.717) is 28.6 Å². The molecule has 4 rings (SSSR count). The number of fused-ring (bicyclic) bond motifs is 1. The van der Waals surface area contributed by atoms with Gasteiger partial charge in [-0.3, -0.25) is 19.3 Å². The molecule has 2 N–H and O–H groups in total. The maximum Gasteiger partial charge on any atom is 0.325 e. The lowest BCUT2D eigenvalue weighted by Crippen LogP contribution is -2.42. The van der Waals surface area contributed by atoms with Crippen molar-refractivity contribution in [2.75, 3.05) is 32.9 Å². The molecule has 2 aliphatic heterocycles. The highest BCUT2D eigenvalue weighted by atomic mass is 16.7. The summed E-state index contributed by atoms with van der Waals surface area (Å²) in [4.78, 5) is 51.5. The molecule has 11 heteroatoms. The molecular weight excluding hydrogens is 446 g/mol. The molecule has 34 heavy (non-hydrogen) atoms. The van der Waals surface area contributed by atoms with E-state index in [-0.39, 0.29) is 23.8 Å². The Labute approximate surface area is 194 Å². The summed E-state index contributed by atoms with van der Waals surface area (Å²) >= 11 is 0. The van der Waals surface area contributed by atoms with Crippen molar-refractivity contribution in [2.45, 2.75) is 19.4 Å². The molecule has 1 saturated heterocycles. The van der Waals surface area contributed by atoms with Gasteiger partial charge in [0.15, 0.2) is 28.8 Å². The van der Waals surface area contributed by atoms with E-state index in [1.54, 1.807) is 18.2 Å². The molecule has 4 amide bonds. The van der Waals surface area contributed by atoms with Crippen LogP contribution in [0, 0.1) is 0 Å². The van der Waals surface area contributed by atoms with Crippen LogP contribution in [-0.2, 0) is 15.1 Å². The Morgan fingerprint density at radius 2 is 1.76 bits per heavy atom. The van der Waals surface area contributed by atoms with E-state index in [9.17, 15) is 19.2 Å². The number of carbonyl (C=O) groups excluding carboxylic acids is 4. The number of hydrogen-bond donors (Lipinski definition) is 2. The van der Waals surface area contributed by atoms with E-state index >= 15 is 0 Å². The first-order valence-corrected chi connectivity index (χ1v) is 10.3. The fourth-order valence-electron chi connectivity index (χ4n) is 3.85. The second-order valence-electron chi connectivity index (χ2n) is 7.87. The number of Topliss-reactive ketones (excluding diaryl/α,β-unsaturated/α-hetero) is 1. The lowest BCUT2D eigenvalue weighted by Gasteiger charge is -2.23. The van der Waals surface area contributed by atoms with E-state index in [4.69, 9.17) is 18.9 Å². The van der Waals surface area contributed by atoms with Crippen LogP contribution in [0.15, 0.2) is 30.3 Å². The summed E-state index contributed by atoms with van der Waals surface area (Å²) in [5, 5.41) is 5.22. The van der Waals surface area contributed by atoms with Crippen molar-refractivity contribution >= 4 is 29.3 Å². The zero-order valence-electron chi connectivity index (χ0n) is 19.0. The predicted molar refractivity (Wildman–Crippen MR) is 118 cm³/mol. The highest BCUT2D eigenvalue weighted by Crippen LogP contribution is 2.38. The standard InChI is InChI=1S/C23H23N3O8/c1-12(27)14-8-18-19(34-11-33-18)9-15(14)24-20(28)10-26-21(29)23(2,25-22(26)30)13-5-6-16(31-3)17(7-13)32-4/h5-9H,10-11H2,1-4H3,(H,24,28)(H,25,30)/t23-/m0/s1. The monoisotopic (exact) mass is 469 g/mol. The number of ether oxygens (including phenoxy) is 4. The van der Waals surface area contributed by atoms with Gasteiger partial charge in [-0.2, -0.15) is 0 Å². The van der Waals surface area contributed by atoms with Gasteiger partial charge in [-0.1, -0.05) is 6.07 Å². The summed E-state index contributed by atoms with van der Waals surface area (Å²) in [6.45, 7) is 2.33. The third-order valence-electron chi connectivity index (χ3n) is 5.70. The third-order valence-corrected chi connectivity index (χ3v) is 5.70. The molecule has 2 aromatic rings. The Kier molecular flexibility index (Phi) is 5.78. The van der Waals surface area contributed by atoms with Crippen LogP contribution in [-0.4, -0.2) is 56.1 Å². The minimum absolute atomic E-state index is 0.00125. The third kappa shape index (κ3) is 3.85. The Morgan fingerprint density at radius 3 is 2.41 bits per heavy atom. The van der Waals surface area contributed by atoms with Crippen molar-refractivity contribution in [3.05, 3.63) is 41.5 Å². The van der Waals surface area contributed by atoms with Gasteiger partial charge >= 0.3 is 6.03 Å². The molecule has 2 aromatic carbocycles. The Hall–Kier alpha value is -4.28. The fraction of sp³-hybridized carbons (Fsp3) is 0.304. The van der Waals surface area contributed by atoms with E-state index in [0.717, 1.165) is 4.90 Å². The summed E-state index contributed by atoms with van der Waals surface area (Å²) in [6.07, 6.45) is 0. The van der Waals surface area contributed by atoms with E-state index in [2.05, 4.69) is 10.6 Å². The molecule has 0 saturated carbocycles. The van der Waals surface area contributed by atoms with E-state index < -0.39 is 29.9 Å². The number of nitrogens with one attached hydrogen (secondary N) is 2. The van der Waals surface area contributed by atoms with Crippen LogP contribution >= 0.6 is 0 Å². The van der Waals surface area contributed by atoms with Gasteiger partial charge in [0.05, 0.1) is 19.9 Å². The van der Waals surface area contributed by atoms with Gasteiger partial charge in [-0.15, -0.1) is 0 Å². The number of rotatable bonds is 7. The number of anilines is 1. The lowest BCUT2D eigenvalue weighted by molar-refractivity contribution is -0.133. The lowest BCUT2D eigenvalue weighted by atomic mass is 9.91. The van der Waals surface area contributed by atoms with Crippen LogP contribution in [0.5, 0.6) is 23.0 Å². The van der Waals surface area contributed by atoms with Gasteiger partial charge in [0.2, 0.25) is 12.7 Å².